The van der Waals surface area contributed by atoms with E-state index in [1.807, 2.05) is 18.2 Å². The van der Waals surface area contributed by atoms with Crippen LogP contribution in [0, 0.1) is 0 Å². The van der Waals surface area contributed by atoms with Crippen molar-refractivity contribution in [3.8, 4) is 17.2 Å². The molecular weight excluding hydrogens is 504 g/mol. The number of thiazole rings is 1. The van der Waals surface area contributed by atoms with Crippen LogP contribution in [0.5, 0.6) is 11.5 Å². The number of amides is 2. The maximum absolute atomic E-state index is 13.2. The molecule has 9 nitrogen and oxygen atoms in total. The first kappa shape index (κ1) is 25.0. The Morgan fingerprint density at radius 1 is 0.947 bits per heavy atom. The van der Waals surface area contributed by atoms with Crippen molar-refractivity contribution in [1.29, 1.82) is 0 Å². The Morgan fingerprint density at radius 2 is 1.71 bits per heavy atom. The molecule has 0 spiro atoms. The molecule has 2 aromatic heterocycles. The average molecular weight is 529 g/mol. The van der Waals surface area contributed by atoms with E-state index >= 15 is 0 Å². The van der Waals surface area contributed by atoms with Crippen LogP contribution in [-0.4, -0.2) is 42.1 Å². The molecule has 0 fully saturated rings. The second-order valence-corrected chi connectivity index (χ2v) is 9.40. The monoisotopic (exact) mass is 528 g/mol. The topological polar surface area (TPSA) is 112 Å². The van der Waals surface area contributed by atoms with E-state index in [-0.39, 0.29) is 24.4 Å². The second kappa shape index (κ2) is 10.7. The van der Waals surface area contributed by atoms with E-state index in [9.17, 15) is 14.4 Å². The lowest BCUT2D eigenvalue weighted by molar-refractivity contribution is -0.116. The lowest BCUT2D eigenvalue weighted by Crippen LogP contribution is -2.29. The van der Waals surface area contributed by atoms with Gasteiger partial charge < -0.3 is 20.1 Å². The van der Waals surface area contributed by atoms with Gasteiger partial charge in [0.25, 0.3) is 11.5 Å². The van der Waals surface area contributed by atoms with E-state index in [4.69, 9.17) is 9.47 Å². The number of aromatic nitrogens is 2. The summed E-state index contributed by atoms with van der Waals surface area (Å²) >= 11 is 1.34. The number of anilines is 1. The lowest BCUT2D eigenvalue weighted by Gasteiger charge is -2.13. The van der Waals surface area contributed by atoms with Crippen LogP contribution in [0.2, 0.25) is 0 Å². The number of pyridine rings is 1. The number of hydrogen-bond donors (Lipinski definition) is 2. The molecule has 3 aromatic carbocycles. The summed E-state index contributed by atoms with van der Waals surface area (Å²) in [6.45, 7) is 0.107. The van der Waals surface area contributed by atoms with E-state index in [1.165, 1.54) is 22.1 Å². The molecule has 2 amide bonds. The fraction of sp³-hybridized carbons (Fsp3) is 0.143. The number of hydrogen-bond acceptors (Lipinski definition) is 7. The molecule has 38 heavy (non-hydrogen) atoms. The van der Waals surface area contributed by atoms with Crippen molar-refractivity contribution in [3.05, 3.63) is 88.8 Å². The molecule has 5 rings (SSSR count). The number of carbonyl (C=O) groups excluding carboxylic acids is 2. The summed E-state index contributed by atoms with van der Waals surface area (Å²) in [5.41, 5.74) is 1.40. The zero-order valence-corrected chi connectivity index (χ0v) is 21.5. The van der Waals surface area contributed by atoms with E-state index in [0.717, 1.165) is 10.2 Å². The van der Waals surface area contributed by atoms with Crippen molar-refractivity contribution >= 4 is 49.3 Å². The largest absolute Gasteiger partial charge is 0.497 e. The minimum absolute atomic E-state index is 0.0540. The molecule has 0 aliphatic carbocycles. The summed E-state index contributed by atoms with van der Waals surface area (Å²) in [4.78, 5) is 43.3. The van der Waals surface area contributed by atoms with E-state index in [1.54, 1.807) is 62.8 Å². The molecule has 5 aromatic rings. The molecule has 0 aliphatic rings. The Morgan fingerprint density at radius 3 is 2.50 bits per heavy atom. The van der Waals surface area contributed by atoms with Gasteiger partial charge in [-0.1, -0.05) is 35.6 Å². The first-order chi connectivity index (χ1) is 18.5. The molecule has 0 saturated heterocycles. The number of methoxy groups -OCH3 is 2. The van der Waals surface area contributed by atoms with Gasteiger partial charge in [0.1, 0.15) is 11.5 Å². The summed E-state index contributed by atoms with van der Waals surface area (Å²) in [5.74, 6) is 0.638. The van der Waals surface area contributed by atoms with Gasteiger partial charge in [-0.3, -0.25) is 19.0 Å². The van der Waals surface area contributed by atoms with Gasteiger partial charge in [0.15, 0.2) is 5.13 Å². The molecule has 0 saturated carbocycles. The summed E-state index contributed by atoms with van der Waals surface area (Å²) in [6, 6.07) is 19.5. The van der Waals surface area contributed by atoms with Crippen LogP contribution in [0.25, 0.3) is 26.7 Å². The Hall–Kier alpha value is -4.70. The molecule has 2 N–H and O–H groups in total. The lowest BCUT2D eigenvalue weighted by atomic mass is 10.1. The zero-order valence-electron chi connectivity index (χ0n) is 20.7. The predicted octanol–water partition coefficient (Wildman–Crippen LogP) is 4.38. The standard InChI is InChI=1S/C28H24N4O5S/c1-36-18-7-5-6-17(14-18)32-16-22(20-8-3-4-9-21(20)27(32)35)26(34)29-13-12-25(33)31-28-30-23-11-10-19(37-2)15-24(23)38-28/h3-11,14-16H,12-13H2,1-2H3,(H,29,34)(H,30,31,33). The molecule has 0 aliphatic heterocycles. The van der Waals surface area contributed by atoms with Crippen LogP contribution < -0.4 is 25.7 Å². The van der Waals surface area contributed by atoms with Crippen molar-refractivity contribution in [3.63, 3.8) is 0 Å². The molecule has 0 bridgehead atoms. The van der Waals surface area contributed by atoms with Crippen molar-refractivity contribution in [2.45, 2.75) is 6.42 Å². The summed E-state index contributed by atoms with van der Waals surface area (Å²) in [5, 5.41) is 6.99. The van der Waals surface area contributed by atoms with Crippen LogP contribution in [0.15, 0.2) is 77.7 Å². The highest BCUT2D eigenvalue weighted by Crippen LogP contribution is 2.29. The van der Waals surface area contributed by atoms with Gasteiger partial charge in [0.05, 0.1) is 35.7 Å². The highest BCUT2D eigenvalue weighted by Gasteiger charge is 2.16. The van der Waals surface area contributed by atoms with Gasteiger partial charge in [-0.25, -0.2) is 4.98 Å². The SMILES string of the molecule is COc1cccc(-n2cc(C(=O)NCCC(=O)Nc3nc4ccc(OC)cc4s3)c3ccccc3c2=O)c1. The van der Waals surface area contributed by atoms with E-state index < -0.39 is 5.91 Å². The zero-order chi connectivity index (χ0) is 26.6. The Bertz CT molecular complexity index is 1730. The first-order valence-electron chi connectivity index (χ1n) is 11.8. The Kier molecular flexibility index (Phi) is 7.05. The third kappa shape index (κ3) is 5.07. The first-order valence-corrected chi connectivity index (χ1v) is 12.6. The van der Waals surface area contributed by atoms with Gasteiger partial charge in [-0.2, -0.15) is 0 Å². The van der Waals surface area contributed by atoms with Crippen LogP contribution in [0.4, 0.5) is 5.13 Å². The van der Waals surface area contributed by atoms with Crippen LogP contribution in [0.3, 0.4) is 0 Å². The molecule has 0 atom stereocenters. The maximum atomic E-state index is 13.2. The van der Waals surface area contributed by atoms with Crippen molar-refractivity contribution in [1.82, 2.24) is 14.9 Å². The molecule has 10 heteroatoms. The Labute approximate surface area is 221 Å². The molecule has 0 radical (unpaired) electrons. The average Bonchev–Trinajstić information content (AvgIpc) is 3.34. The number of nitrogens with one attached hydrogen (secondary N) is 2. The number of carbonyl (C=O) groups is 2. The molecule has 192 valence electrons. The van der Waals surface area contributed by atoms with Gasteiger partial charge in [-0.05, 0) is 36.4 Å². The van der Waals surface area contributed by atoms with Gasteiger partial charge >= 0.3 is 0 Å². The predicted molar refractivity (Wildman–Crippen MR) is 148 cm³/mol. The van der Waals surface area contributed by atoms with Crippen LogP contribution in [0.1, 0.15) is 16.8 Å². The number of ether oxygens (including phenoxy) is 2. The van der Waals surface area contributed by atoms with Gasteiger partial charge in [0.2, 0.25) is 5.91 Å². The summed E-state index contributed by atoms with van der Waals surface area (Å²) in [7, 11) is 3.14. The smallest absolute Gasteiger partial charge is 0.262 e. The van der Waals surface area contributed by atoms with E-state index in [0.29, 0.717) is 38.7 Å². The van der Waals surface area contributed by atoms with Crippen molar-refractivity contribution in [2.24, 2.45) is 0 Å². The van der Waals surface area contributed by atoms with Gasteiger partial charge in [0, 0.05) is 36.0 Å². The van der Waals surface area contributed by atoms with Crippen LogP contribution in [-0.2, 0) is 4.79 Å². The molecule has 0 unspecified atom stereocenters. The summed E-state index contributed by atoms with van der Waals surface area (Å²) < 4.78 is 12.8. The normalized spacial score (nSPS) is 10.9. The molecule has 2 heterocycles. The molecular formula is C28H24N4O5S. The van der Waals surface area contributed by atoms with Gasteiger partial charge in [-0.15, -0.1) is 0 Å². The fourth-order valence-corrected chi connectivity index (χ4v) is 4.99. The second-order valence-electron chi connectivity index (χ2n) is 8.37. The maximum Gasteiger partial charge on any atom is 0.262 e. The number of benzene rings is 3. The highest BCUT2D eigenvalue weighted by molar-refractivity contribution is 7.22. The minimum Gasteiger partial charge on any atom is -0.497 e. The summed E-state index contributed by atoms with van der Waals surface area (Å²) in [6.07, 6.45) is 1.57. The van der Waals surface area contributed by atoms with Crippen molar-refractivity contribution in [2.75, 3.05) is 26.1 Å². The number of fused-ring (bicyclic) bond motifs is 2. The Balaban J connectivity index is 1.31. The third-order valence-corrected chi connectivity index (χ3v) is 6.91. The van der Waals surface area contributed by atoms with Crippen LogP contribution >= 0.6 is 11.3 Å². The van der Waals surface area contributed by atoms with E-state index in [2.05, 4.69) is 15.6 Å². The number of rotatable bonds is 8. The third-order valence-electron chi connectivity index (χ3n) is 5.98. The number of nitrogens with zero attached hydrogens (tertiary/aromatic N) is 2. The van der Waals surface area contributed by atoms with Crippen molar-refractivity contribution < 1.29 is 19.1 Å². The fourth-order valence-electron chi connectivity index (χ4n) is 4.08. The minimum atomic E-state index is -0.391. The quantitative estimate of drug-likeness (QED) is 0.309. The highest BCUT2D eigenvalue weighted by atomic mass is 32.1.